The monoisotopic (exact) mass is 458 g/mol. The summed E-state index contributed by atoms with van der Waals surface area (Å²) in [4.78, 5) is 16.4. The molecule has 0 bridgehead atoms. The number of rotatable bonds is 4. The number of halogens is 1. The Morgan fingerprint density at radius 3 is 2.59 bits per heavy atom. The number of hydrogen-bond donors (Lipinski definition) is 0. The van der Waals surface area contributed by atoms with Crippen LogP contribution in [0.3, 0.4) is 0 Å². The highest BCUT2D eigenvalue weighted by molar-refractivity contribution is 9.10. The number of carbonyl (C=O) groups excluding carboxylic acids is 1. The van der Waals surface area contributed by atoms with Crippen LogP contribution >= 0.6 is 15.9 Å². The molecular weight excluding hydrogens is 432 g/mol. The van der Waals surface area contributed by atoms with Crippen LogP contribution in [0, 0.1) is 5.92 Å². The normalized spacial score (nSPS) is 20.0. The van der Waals surface area contributed by atoms with Crippen LogP contribution in [0.2, 0.25) is 0 Å². The summed E-state index contributed by atoms with van der Waals surface area (Å²) in [5, 5.41) is 0. The second-order valence-electron chi connectivity index (χ2n) is 8.01. The van der Waals surface area contributed by atoms with Gasteiger partial charge in [0.05, 0.1) is 6.61 Å². The Hall–Kier alpha value is -1.89. The number of hydrogen-bond acceptors (Lipinski definition) is 4. The molecule has 0 unspecified atom stereocenters. The molecule has 2 aliphatic rings. The van der Waals surface area contributed by atoms with Gasteiger partial charge in [-0.25, -0.2) is 0 Å². The third-order valence-corrected chi connectivity index (χ3v) is 6.12. The van der Waals surface area contributed by atoms with Crippen LogP contribution in [-0.2, 0) is 22.7 Å². The number of likely N-dealkylation sites (tertiary alicyclic amines) is 1. The number of piperidine rings is 1. The van der Waals surface area contributed by atoms with E-state index in [0.717, 1.165) is 59.4 Å². The highest BCUT2D eigenvalue weighted by atomic mass is 79.9. The summed E-state index contributed by atoms with van der Waals surface area (Å²) in [7, 11) is 3.68. The first-order valence-corrected chi connectivity index (χ1v) is 10.9. The minimum absolute atomic E-state index is 0.143. The molecule has 0 saturated carbocycles. The van der Waals surface area contributed by atoms with E-state index >= 15 is 0 Å². The van der Waals surface area contributed by atoms with E-state index in [1.165, 1.54) is 0 Å². The lowest BCUT2D eigenvalue weighted by Gasteiger charge is -2.34. The third kappa shape index (κ3) is 4.65. The molecule has 1 atom stereocenters. The van der Waals surface area contributed by atoms with Crippen molar-refractivity contribution in [2.24, 2.45) is 5.92 Å². The molecule has 0 aromatic heterocycles. The molecule has 29 heavy (non-hydrogen) atoms. The van der Waals surface area contributed by atoms with Crippen molar-refractivity contribution >= 4 is 21.8 Å². The Kier molecular flexibility index (Phi) is 6.23. The molecule has 2 aromatic rings. The van der Waals surface area contributed by atoms with Gasteiger partial charge in [-0.1, -0.05) is 46.3 Å². The van der Waals surface area contributed by atoms with E-state index in [2.05, 4.69) is 33.0 Å². The topological polar surface area (TPSA) is 42.0 Å². The van der Waals surface area contributed by atoms with Crippen molar-refractivity contribution in [2.45, 2.75) is 32.3 Å². The largest absolute Gasteiger partial charge is 0.460 e. The molecule has 0 spiro atoms. The van der Waals surface area contributed by atoms with Crippen molar-refractivity contribution in [3.63, 3.8) is 0 Å². The van der Waals surface area contributed by atoms with E-state index < -0.39 is 0 Å². The average molecular weight is 459 g/mol. The minimum atomic E-state index is -0.382. The standard InChI is InChI=1S/C23H27BrN2O3/c1-25(2)22(27)16-8-10-26(11-9-16)14-18-12-20(24)13-19-15-28-23(29-21(18)19)17-6-4-3-5-7-17/h3-7,12-13,16,23H,8-11,14-15H2,1-2H3/t23-/m1/s1. The maximum absolute atomic E-state index is 12.2. The van der Waals surface area contributed by atoms with Crippen LogP contribution in [0.4, 0.5) is 0 Å². The average Bonchev–Trinajstić information content (AvgIpc) is 2.74. The number of benzene rings is 2. The first-order chi connectivity index (χ1) is 14.0. The fourth-order valence-electron chi connectivity index (χ4n) is 4.11. The molecule has 0 N–H and O–H groups in total. The van der Waals surface area contributed by atoms with E-state index in [1.807, 2.05) is 44.4 Å². The summed E-state index contributed by atoms with van der Waals surface area (Å²) in [6.07, 6.45) is 1.43. The number of nitrogens with zero attached hydrogens (tertiary/aromatic N) is 2. The lowest BCUT2D eigenvalue weighted by atomic mass is 9.95. The maximum Gasteiger partial charge on any atom is 0.227 e. The lowest BCUT2D eigenvalue weighted by molar-refractivity contribution is -0.134. The predicted molar refractivity (Wildman–Crippen MR) is 115 cm³/mol. The highest BCUT2D eigenvalue weighted by Crippen LogP contribution is 2.38. The summed E-state index contributed by atoms with van der Waals surface area (Å²) < 4.78 is 13.3. The maximum atomic E-state index is 12.2. The van der Waals surface area contributed by atoms with Crippen molar-refractivity contribution in [2.75, 3.05) is 27.2 Å². The summed E-state index contributed by atoms with van der Waals surface area (Å²) in [5.74, 6) is 1.32. The number of carbonyl (C=O) groups is 1. The highest BCUT2D eigenvalue weighted by Gasteiger charge is 2.29. The van der Waals surface area contributed by atoms with Crippen molar-refractivity contribution in [1.29, 1.82) is 0 Å². The van der Waals surface area contributed by atoms with Gasteiger partial charge in [0.25, 0.3) is 0 Å². The smallest absolute Gasteiger partial charge is 0.227 e. The lowest BCUT2D eigenvalue weighted by Crippen LogP contribution is -2.39. The van der Waals surface area contributed by atoms with E-state index in [-0.39, 0.29) is 18.1 Å². The van der Waals surface area contributed by atoms with Gasteiger partial charge in [-0.2, -0.15) is 0 Å². The van der Waals surface area contributed by atoms with Crippen LogP contribution < -0.4 is 4.74 Å². The molecule has 2 heterocycles. The van der Waals surface area contributed by atoms with Crippen LogP contribution in [-0.4, -0.2) is 42.9 Å². The van der Waals surface area contributed by atoms with Gasteiger partial charge in [0.15, 0.2) is 0 Å². The Morgan fingerprint density at radius 1 is 1.17 bits per heavy atom. The first-order valence-electron chi connectivity index (χ1n) is 10.1. The molecule has 2 aliphatic heterocycles. The van der Waals surface area contributed by atoms with Crippen molar-refractivity contribution < 1.29 is 14.3 Å². The number of ether oxygens (including phenoxy) is 2. The molecular formula is C23H27BrN2O3. The van der Waals surface area contributed by atoms with Gasteiger partial charge in [0.1, 0.15) is 5.75 Å². The Bertz CT molecular complexity index is 864. The molecule has 1 saturated heterocycles. The van der Waals surface area contributed by atoms with Crippen LogP contribution in [0.1, 0.15) is 35.8 Å². The fourth-order valence-corrected chi connectivity index (χ4v) is 4.67. The first kappa shape index (κ1) is 20.4. The molecule has 4 rings (SSSR count). The van der Waals surface area contributed by atoms with Crippen molar-refractivity contribution in [3.05, 3.63) is 63.6 Å². The van der Waals surface area contributed by atoms with E-state index in [9.17, 15) is 4.79 Å². The SMILES string of the molecule is CN(C)C(=O)C1CCN(Cc2cc(Br)cc3c2O[C@H](c2ccccc2)OC3)CC1. The molecule has 0 aliphatic carbocycles. The second kappa shape index (κ2) is 8.86. The summed E-state index contributed by atoms with van der Waals surface area (Å²) in [5.41, 5.74) is 3.25. The van der Waals surface area contributed by atoms with Gasteiger partial charge in [-0.05, 0) is 38.1 Å². The summed E-state index contributed by atoms with van der Waals surface area (Å²) >= 11 is 3.63. The molecule has 2 aromatic carbocycles. The van der Waals surface area contributed by atoms with Gasteiger partial charge < -0.3 is 14.4 Å². The van der Waals surface area contributed by atoms with Crippen LogP contribution in [0.25, 0.3) is 0 Å². The van der Waals surface area contributed by atoms with Gasteiger partial charge >= 0.3 is 0 Å². The summed E-state index contributed by atoms with van der Waals surface area (Å²) in [6.45, 7) is 3.18. The Balaban J connectivity index is 1.48. The molecule has 6 heteroatoms. The predicted octanol–water partition coefficient (Wildman–Crippen LogP) is 4.36. The third-order valence-electron chi connectivity index (χ3n) is 5.67. The van der Waals surface area contributed by atoms with Crippen molar-refractivity contribution in [3.8, 4) is 5.75 Å². The van der Waals surface area contributed by atoms with E-state index in [4.69, 9.17) is 9.47 Å². The fraction of sp³-hybridized carbons (Fsp3) is 0.435. The molecule has 154 valence electrons. The zero-order chi connectivity index (χ0) is 20.4. The van der Waals surface area contributed by atoms with Crippen LogP contribution in [0.15, 0.2) is 46.9 Å². The number of fused-ring (bicyclic) bond motifs is 1. The van der Waals surface area contributed by atoms with Gasteiger partial charge in [-0.15, -0.1) is 0 Å². The molecule has 0 radical (unpaired) electrons. The summed E-state index contributed by atoms with van der Waals surface area (Å²) in [6, 6.07) is 14.3. The minimum Gasteiger partial charge on any atom is -0.460 e. The van der Waals surface area contributed by atoms with E-state index in [0.29, 0.717) is 6.61 Å². The van der Waals surface area contributed by atoms with Crippen molar-refractivity contribution in [1.82, 2.24) is 9.80 Å². The van der Waals surface area contributed by atoms with Gasteiger partial charge in [-0.3, -0.25) is 9.69 Å². The quantitative estimate of drug-likeness (QED) is 0.682. The van der Waals surface area contributed by atoms with E-state index in [1.54, 1.807) is 4.90 Å². The molecule has 5 nitrogen and oxygen atoms in total. The molecule has 1 fully saturated rings. The molecule has 1 amide bonds. The zero-order valence-electron chi connectivity index (χ0n) is 16.9. The van der Waals surface area contributed by atoms with Gasteiger partial charge in [0.2, 0.25) is 12.2 Å². The Morgan fingerprint density at radius 2 is 1.90 bits per heavy atom. The van der Waals surface area contributed by atoms with Crippen LogP contribution in [0.5, 0.6) is 5.75 Å². The second-order valence-corrected chi connectivity index (χ2v) is 8.92. The van der Waals surface area contributed by atoms with Gasteiger partial charge in [0, 0.05) is 47.7 Å². The zero-order valence-corrected chi connectivity index (χ0v) is 18.5. The number of amides is 1. The Labute approximate surface area is 180 Å².